The van der Waals surface area contributed by atoms with Crippen molar-refractivity contribution >= 4 is 0 Å². The SMILES string of the molecule is CN1[C@@H]2CC[C@H]1CC(Oc1ccccc1)C2. The highest BCUT2D eigenvalue weighted by molar-refractivity contribution is 5.21. The highest BCUT2D eigenvalue weighted by atomic mass is 16.5. The Kier molecular flexibility index (Phi) is 2.60. The van der Waals surface area contributed by atoms with Gasteiger partial charge in [0, 0.05) is 12.1 Å². The molecule has 2 aliphatic rings. The Morgan fingerprint density at radius 1 is 1.06 bits per heavy atom. The predicted octanol–water partition coefficient (Wildman–Crippen LogP) is 2.69. The number of hydrogen-bond donors (Lipinski definition) is 0. The molecule has 0 N–H and O–H groups in total. The summed E-state index contributed by atoms with van der Waals surface area (Å²) in [6.07, 6.45) is 5.53. The number of piperidine rings is 1. The van der Waals surface area contributed by atoms with Gasteiger partial charge in [0.25, 0.3) is 0 Å². The molecule has 3 rings (SSSR count). The quantitative estimate of drug-likeness (QED) is 0.755. The molecule has 0 saturated carbocycles. The molecule has 0 spiro atoms. The highest BCUT2D eigenvalue weighted by Crippen LogP contribution is 2.35. The first-order valence-electron chi connectivity index (χ1n) is 6.26. The molecule has 2 heterocycles. The number of fused-ring (bicyclic) bond motifs is 2. The number of nitrogens with zero attached hydrogens (tertiary/aromatic N) is 1. The molecule has 0 amide bonds. The maximum absolute atomic E-state index is 6.06. The average Bonchev–Trinajstić information content (AvgIpc) is 2.54. The monoisotopic (exact) mass is 217 g/mol. The van der Waals surface area contributed by atoms with Crippen LogP contribution in [-0.4, -0.2) is 30.1 Å². The lowest BCUT2D eigenvalue weighted by molar-refractivity contribution is 0.0662. The molecule has 0 aromatic heterocycles. The number of rotatable bonds is 2. The molecule has 2 heteroatoms. The zero-order valence-electron chi connectivity index (χ0n) is 9.80. The Morgan fingerprint density at radius 3 is 2.31 bits per heavy atom. The second-order valence-corrected chi connectivity index (χ2v) is 5.07. The van der Waals surface area contributed by atoms with Crippen LogP contribution in [0.5, 0.6) is 5.75 Å². The van der Waals surface area contributed by atoms with Gasteiger partial charge >= 0.3 is 0 Å². The molecule has 16 heavy (non-hydrogen) atoms. The highest BCUT2D eigenvalue weighted by Gasteiger charge is 2.39. The number of para-hydroxylation sites is 1. The fraction of sp³-hybridized carbons (Fsp3) is 0.571. The second kappa shape index (κ2) is 4.10. The molecule has 2 nitrogen and oxygen atoms in total. The third-order valence-electron chi connectivity index (χ3n) is 4.10. The van der Waals surface area contributed by atoms with Crippen molar-refractivity contribution in [2.24, 2.45) is 0 Å². The zero-order valence-corrected chi connectivity index (χ0v) is 9.80. The minimum Gasteiger partial charge on any atom is -0.490 e. The van der Waals surface area contributed by atoms with E-state index in [-0.39, 0.29) is 0 Å². The van der Waals surface area contributed by atoms with Crippen molar-refractivity contribution in [3.05, 3.63) is 30.3 Å². The number of benzene rings is 1. The summed E-state index contributed by atoms with van der Waals surface area (Å²) in [5.74, 6) is 1.02. The number of hydrogen-bond acceptors (Lipinski definition) is 2. The van der Waals surface area contributed by atoms with Gasteiger partial charge < -0.3 is 9.64 Å². The van der Waals surface area contributed by atoms with Gasteiger partial charge in [0.15, 0.2) is 0 Å². The summed E-state index contributed by atoms with van der Waals surface area (Å²) in [6, 6.07) is 11.7. The fourth-order valence-electron chi connectivity index (χ4n) is 3.15. The van der Waals surface area contributed by atoms with Gasteiger partial charge in [0.05, 0.1) is 0 Å². The van der Waals surface area contributed by atoms with Crippen molar-refractivity contribution in [1.29, 1.82) is 0 Å². The van der Waals surface area contributed by atoms with Gasteiger partial charge in [-0.25, -0.2) is 0 Å². The van der Waals surface area contributed by atoms with Crippen molar-refractivity contribution in [3.8, 4) is 5.75 Å². The Morgan fingerprint density at radius 2 is 1.69 bits per heavy atom. The molecule has 3 atom stereocenters. The van der Waals surface area contributed by atoms with E-state index in [1.54, 1.807) is 0 Å². The Hall–Kier alpha value is -1.02. The Bertz CT molecular complexity index is 337. The first-order valence-corrected chi connectivity index (χ1v) is 6.26. The maximum atomic E-state index is 6.06. The predicted molar refractivity (Wildman–Crippen MR) is 64.7 cm³/mol. The van der Waals surface area contributed by atoms with Gasteiger partial charge in [0.1, 0.15) is 11.9 Å². The minimum absolute atomic E-state index is 0.427. The van der Waals surface area contributed by atoms with Crippen LogP contribution >= 0.6 is 0 Å². The van der Waals surface area contributed by atoms with E-state index in [9.17, 15) is 0 Å². The minimum atomic E-state index is 0.427. The molecule has 1 aromatic rings. The van der Waals surface area contributed by atoms with Gasteiger partial charge in [-0.2, -0.15) is 0 Å². The van der Waals surface area contributed by atoms with E-state index < -0.39 is 0 Å². The molecular weight excluding hydrogens is 198 g/mol. The lowest BCUT2D eigenvalue weighted by atomic mass is 10.0. The normalized spacial score (nSPS) is 33.9. The van der Waals surface area contributed by atoms with Gasteiger partial charge in [0.2, 0.25) is 0 Å². The number of ether oxygens (including phenoxy) is 1. The van der Waals surface area contributed by atoms with E-state index in [1.165, 1.54) is 25.7 Å². The lowest BCUT2D eigenvalue weighted by Crippen LogP contribution is -2.43. The summed E-state index contributed by atoms with van der Waals surface area (Å²) >= 11 is 0. The van der Waals surface area contributed by atoms with Crippen LogP contribution in [0.15, 0.2) is 30.3 Å². The zero-order chi connectivity index (χ0) is 11.0. The molecule has 1 unspecified atom stereocenters. The van der Waals surface area contributed by atoms with E-state index in [1.807, 2.05) is 18.2 Å². The smallest absolute Gasteiger partial charge is 0.119 e. The summed E-state index contributed by atoms with van der Waals surface area (Å²) in [5.41, 5.74) is 0. The molecule has 2 fully saturated rings. The molecule has 0 aliphatic carbocycles. The topological polar surface area (TPSA) is 12.5 Å². The maximum Gasteiger partial charge on any atom is 0.119 e. The van der Waals surface area contributed by atoms with Crippen LogP contribution in [0.4, 0.5) is 0 Å². The fourth-order valence-corrected chi connectivity index (χ4v) is 3.15. The van der Waals surface area contributed by atoms with E-state index in [0.717, 1.165) is 17.8 Å². The third kappa shape index (κ3) is 1.82. The second-order valence-electron chi connectivity index (χ2n) is 5.07. The Labute approximate surface area is 97.2 Å². The van der Waals surface area contributed by atoms with E-state index in [0.29, 0.717) is 6.10 Å². The molecule has 2 aliphatic heterocycles. The van der Waals surface area contributed by atoms with Crippen LogP contribution in [0.25, 0.3) is 0 Å². The van der Waals surface area contributed by atoms with Crippen LogP contribution in [0.1, 0.15) is 25.7 Å². The lowest BCUT2D eigenvalue weighted by Gasteiger charge is -2.36. The van der Waals surface area contributed by atoms with E-state index in [4.69, 9.17) is 4.74 Å². The van der Waals surface area contributed by atoms with Crippen LogP contribution in [0.2, 0.25) is 0 Å². The summed E-state index contributed by atoms with van der Waals surface area (Å²) < 4.78 is 6.06. The van der Waals surface area contributed by atoms with E-state index in [2.05, 4.69) is 24.1 Å². The van der Waals surface area contributed by atoms with Crippen LogP contribution in [-0.2, 0) is 0 Å². The summed E-state index contributed by atoms with van der Waals surface area (Å²) in [5, 5.41) is 0. The first-order chi connectivity index (χ1) is 7.83. The largest absolute Gasteiger partial charge is 0.490 e. The molecule has 2 bridgehead atoms. The van der Waals surface area contributed by atoms with Crippen molar-refractivity contribution in [2.45, 2.75) is 43.9 Å². The summed E-state index contributed by atoms with van der Waals surface area (Å²) in [4.78, 5) is 2.55. The molecule has 1 aromatic carbocycles. The van der Waals surface area contributed by atoms with Gasteiger partial charge in [-0.15, -0.1) is 0 Å². The van der Waals surface area contributed by atoms with Gasteiger partial charge in [-0.1, -0.05) is 18.2 Å². The first kappa shape index (κ1) is 10.2. The standard InChI is InChI=1S/C14H19NO/c1-15-11-7-8-12(15)10-14(9-11)16-13-5-3-2-4-6-13/h2-6,11-12,14H,7-10H2,1H3/t11-,12+,14?. The van der Waals surface area contributed by atoms with Gasteiger partial charge in [-0.05, 0) is 44.9 Å². The molecular formula is C14H19NO. The van der Waals surface area contributed by atoms with E-state index >= 15 is 0 Å². The van der Waals surface area contributed by atoms with Crippen molar-refractivity contribution in [2.75, 3.05) is 7.05 Å². The summed E-state index contributed by atoms with van der Waals surface area (Å²) in [7, 11) is 2.26. The third-order valence-corrected chi connectivity index (χ3v) is 4.10. The summed E-state index contributed by atoms with van der Waals surface area (Å²) in [6.45, 7) is 0. The van der Waals surface area contributed by atoms with Gasteiger partial charge in [-0.3, -0.25) is 0 Å². The average molecular weight is 217 g/mol. The van der Waals surface area contributed by atoms with Crippen LogP contribution < -0.4 is 4.74 Å². The van der Waals surface area contributed by atoms with Crippen LogP contribution in [0.3, 0.4) is 0 Å². The van der Waals surface area contributed by atoms with Crippen LogP contribution in [0, 0.1) is 0 Å². The molecule has 0 radical (unpaired) electrons. The van der Waals surface area contributed by atoms with Crippen molar-refractivity contribution in [3.63, 3.8) is 0 Å². The molecule has 2 saturated heterocycles. The Balaban J connectivity index is 1.66. The van der Waals surface area contributed by atoms with Crippen molar-refractivity contribution < 1.29 is 4.74 Å². The molecule has 86 valence electrons. The van der Waals surface area contributed by atoms with Crippen molar-refractivity contribution in [1.82, 2.24) is 4.90 Å².